The Kier molecular flexibility index (Phi) is 6.30. The van der Waals surface area contributed by atoms with Crippen molar-refractivity contribution in [3.63, 3.8) is 0 Å². The minimum absolute atomic E-state index is 0.228. The Balaban J connectivity index is 2.34. The molecule has 8 heteroatoms. The van der Waals surface area contributed by atoms with E-state index in [1.165, 1.54) is 40.4 Å². The van der Waals surface area contributed by atoms with Crippen molar-refractivity contribution in [2.24, 2.45) is 0 Å². The highest BCUT2D eigenvalue weighted by molar-refractivity contribution is 6.34. The van der Waals surface area contributed by atoms with Crippen molar-refractivity contribution in [3.8, 4) is 17.2 Å². The lowest BCUT2D eigenvalue weighted by molar-refractivity contribution is -0.114. The molecule has 0 spiro atoms. The van der Waals surface area contributed by atoms with E-state index < -0.39 is 5.91 Å². The van der Waals surface area contributed by atoms with Crippen LogP contribution in [0, 0.1) is 0 Å². The molecule has 0 aromatic heterocycles. The van der Waals surface area contributed by atoms with Crippen molar-refractivity contribution in [3.05, 3.63) is 40.9 Å². The number of rotatable bonds is 6. The lowest BCUT2D eigenvalue weighted by Gasteiger charge is -2.14. The van der Waals surface area contributed by atoms with Crippen molar-refractivity contribution in [2.75, 3.05) is 32.0 Å². The molecule has 0 aliphatic heterocycles. The van der Waals surface area contributed by atoms with Crippen molar-refractivity contribution in [2.45, 2.75) is 6.92 Å². The average molecular weight is 379 g/mol. The normalized spacial score (nSPS) is 10.0. The van der Waals surface area contributed by atoms with E-state index in [-0.39, 0.29) is 5.91 Å². The van der Waals surface area contributed by atoms with Crippen molar-refractivity contribution in [1.29, 1.82) is 0 Å². The second-order valence-electron chi connectivity index (χ2n) is 5.24. The van der Waals surface area contributed by atoms with E-state index in [1.807, 2.05) is 0 Å². The summed E-state index contributed by atoms with van der Waals surface area (Å²) in [7, 11) is 4.41. The molecule has 0 aliphatic rings. The summed E-state index contributed by atoms with van der Waals surface area (Å²) in [5.41, 5.74) is 1.17. The van der Waals surface area contributed by atoms with Gasteiger partial charge in [-0.15, -0.1) is 0 Å². The van der Waals surface area contributed by atoms with Gasteiger partial charge in [-0.25, -0.2) is 0 Å². The van der Waals surface area contributed by atoms with Gasteiger partial charge in [0.2, 0.25) is 11.7 Å². The number of nitrogens with one attached hydrogen (secondary N) is 2. The maximum Gasteiger partial charge on any atom is 0.255 e. The number of halogens is 1. The summed E-state index contributed by atoms with van der Waals surface area (Å²) in [6.45, 7) is 1.39. The van der Waals surface area contributed by atoms with Gasteiger partial charge in [0.15, 0.2) is 11.5 Å². The SMILES string of the molecule is COc1cc(C(=O)Nc2cc(NC(C)=O)ccc2Cl)cc(OC)c1OC. The Morgan fingerprint density at radius 1 is 0.923 bits per heavy atom. The van der Waals surface area contributed by atoms with Gasteiger partial charge in [-0.05, 0) is 30.3 Å². The summed E-state index contributed by atoms with van der Waals surface area (Å²) in [5.74, 6) is 0.447. The van der Waals surface area contributed by atoms with E-state index in [1.54, 1.807) is 18.2 Å². The highest BCUT2D eigenvalue weighted by Gasteiger charge is 2.18. The summed E-state index contributed by atoms with van der Waals surface area (Å²) in [6.07, 6.45) is 0. The van der Waals surface area contributed by atoms with Crippen LogP contribution in [0.1, 0.15) is 17.3 Å². The van der Waals surface area contributed by atoms with Crippen LogP contribution in [0.2, 0.25) is 5.02 Å². The Morgan fingerprint density at radius 3 is 2.04 bits per heavy atom. The maximum absolute atomic E-state index is 12.6. The van der Waals surface area contributed by atoms with E-state index in [9.17, 15) is 9.59 Å². The number of carbonyl (C=O) groups excluding carboxylic acids is 2. The Hall–Kier alpha value is -2.93. The summed E-state index contributed by atoms with van der Waals surface area (Å²) in [4.78, 5) is 23.8. The fraction of sp³-hybridized carbons (Fsp3) is 0.222. The zero-order valence-corrected chi connectivity index (χ0v) is 15.6. The van der Waals surface area contributed by atoms with E-state index in [4.69, 9.17) is 25.8 Å². The summed E-state index contributed by atoms with van der Waals surface area (Å²) >= 11 is 6.13. The topological polar surface area (TPSA) is 85.9 Å². The third kappa shape index (κ3) is 4.37. The van der Waals surface area contributed by atoms with Crippen molar-refractivity contribution < 1.29 is 23.8 Å². The minimum Gasteiger partial charge on any atom is -0.493 e. The molecule has 138 valence electrons. The van der Waals surface area contributed by atoms with Crippen LogP contribution < -0.4 is 24.8 Å². The molecule has 7 nitrogen and oxygen atoms in total. The van der Waals surface area contributed by atoms with Crippen LogP contribution >= 0.6 is 11.6 Å². The molecule has 2 aromatic carbocycles. The van der Waals surface area contributed by atoms with Gasteiger partial charge in [-0.2, -0.15) is 0 Å². The fourth-order valence-corrected chi connectivity index (χ4v) is 2.47. The summed E-state index contributed by atoms with van der Waals surface area (Å²) in [6, 6.07) is 7.85. The van der Waals surface area contributed by atoms with Crippen LogP contribution in [0.25, 0.3) is 0 Å². The first-order chi connectivity index (χ1) is 12.4. The molecule has 2 N–H and O–H groups in total. The minimum atomic E-state index is -0.425. The largest absolute Gasteiger partial charge is 0.493 e. The molecule has 2 rings (SSSR count). The number of ether oxygens (including phenoxy) is 3. The zero-order chi connectivity index (χ0) is 19.3. The van der Waals surface area contributed by atoms with E-state index in [0.29, 0.717) is 39.2 Å². The summed E-state index contributed by atoms with van der Waals surface area (Å²) < 4.78 is 15.7. The van der Waals surface area contributed by atoms with Gasteiger partial charge in [0.25, 0.3) is 5.91 Å². The number of methoxy groups -OCH3 is 3. The molecule has 0 unspecified atom stereocenters. The lowest BCUT2D eigenvalue weighted by Crippen LogP contribution is -2.13. The quantitative estimate of drug-likeness (QED) is 0.802. The van der Waals surface area contributed by atoms with Gasteiger partial charge >= 0.3 is 0 Å². The van der Waals surface area contributed by atoms with Gasteiger partial charge in [0.1, 0.15) is 0 Å². The third-order valence-electron chi connectivity index (χ3n) is 3.46. The number of anilines is 2. The maximum atomic E-state index is 12.6. The van der Waals surface area contributed by atoms with E-state index in [2.05, 4.69) is 10.6 Å². The number of amides is 2. The van der Waals surface area contributed by atoms with Gasteiger partial charge in [-0.1, -0.05) is 11.6 Å². The average Bonchev–Trinajstić information content (AvgIpc) is 2.62. The molecular weight excluding hydrogens is 360 g/mol. The van der Waals surface area contributed by atoms with Crippen LogP contribution in [-0.2, 0) is 4.79 Å². The van der Waals surface area contributed by atoms with E-state index >= 15 is 0 Å². The van der Waals surface area contributed by atoms with E-state index in [0.717, 1.165) is 0 Å². The molecular formula is C18H19ClN2O5. The number of carbonyl (C=O) groups is 2. The molecule has 0 heterocycles. The molecule has 0 saturated heterocycles. The van der Waals surface area contributed by atoms with Crippen LogP contribution in [-0.4, -0.2) is 33.1 Å². The molecule has 2 aromatic rings. The molecule has 2 amide bonds. The monoisotopic (exact) mass is 378 g/mol. The van der Waals surface area contributed by atoms with Gasteiger partial charge in [0, 0.05) is 18.2 Å². The van der Waals surface area contributed by atoms with Crippen molar-refractivity contribution in [1.82, 2.24) is 0 Å². The van der Waals surface area contributed by atoms with Crippen LogP contribution in [0.5, 0.6) is 17.2 Å². The van der Waals surface area contributed by atoms with Crippen LogP contribution in [0.4, 0.5) is 11.4 Å². The number of hydrogen-bond donors (Lipinski definition) is 2. The number of benzene rings is 2. The highest BCUT2D eigenvalue weighted by atomic mass is 35.5. The number of hydrogen-bond acceptors (Lipinski definition) is 5. The molecule has 0 fully saturated rings. The van der Waals surface area contributed by atoms with Gasteiger partial charge in [-0.3, -0.25) is 9.59 Å². The Bertz CT molecular complexity index is 813. The molecule has 0 atom stereocenters. The zero-order valence-electron chi connectivity index (χ0n) is 14.8. The molecule has 0 bridgehead atoms. The first-order valence-electron chi connectivity index (χ1n) is 7.58. The molecule has 0 aliphatic carbocycles. The predicted molar refractivity (Wildman–Crippen MR) is 99.8 cm³/mol. The first-order valence-corrected chi connectivity index (χ1v) is 7.96. The lowest BCUT2D eigenvalue weighted by atomic mass is 10.1. The second-order valence-corrected chi connectivity index (χ2v) is 5.65. The third-order valence-corrected chi connectivity index (χ3v) is 3.79. The smallest absolute Gasteiger partial charge is 0.255 e. The first kappa shape index (κ1) is 19.4. The molecule has 26 heavy (non-hydrogen) atoms. The van der Waals surface area contributed by atoms with Gasteiger partial charge < -0.3 is 24.8 Å². The predicted octanol–water partition coefficient (Wildman–Crippen LogP) is 3.58. The molecule has 0 radical (unpaired) electrons. The fourth-order valence-electron chi connectivity index (χ4n) is 2.31. The molecule has 0 saturated carbocycles. The highest BCUT2D eigenvalue weighted by Crippen LogP contribution is 2.38. The Labute approximate surface area is 156 Å². The standard InChI is InChI=1S/C18H19ClN2O5/c1-10(22)20-12-5-6-13(19)14(9-12)21-18(23)11-7-15(24-2)17(26-4)16(8-11)25-3/h5-9H,1-4H3,(H,20,22)(H,21,23). The van der Waals surface area contributed by atoms with Crippen molar-refractivity contribution >= 4 is 34.8 Å². The van der Waals surface area contributed by atoms with Crippen LogP contribution in [0.3, 0.4) is 0 Å². The summed E-state index contributed by atoms with van der Waals surface area (Å²) in [5, 5.41) is 5.67. The Morgan fingerprint density at radius 2 is 1.54 bits per heavy atom. The van der Waals surface area contributed by atoms with Gasteiger partial charge in [0.05, 0.1) is 32.0 Å². The second kappa shape index (κ2) is 8.44. The van der Waals surface area contributed by atoms with Crippen LogP contribution in [0.15, 0.2) is 30.3 Å².